The van der Waals surface area contributed by atoms with Crippen LogP contribution < -0.4 is 15.4 Å². The van der Waals surface area contributed by atoms with Crippen LogP contribution in [0, 0.1) is 6.92 Å². The molecule has 9 heteroatoms. The van der Waals surface area contributed by atoms with Crippen LogP contribution in [0.25, 0.3) is 21.5 Å². The van der Waals surface area contributed by atoms with Gasteiger partial charge in [0, 0.05) is 33.8 Å². The van der Waals surface area contributed by atoms with Gasteiger partial charge in [0.1, 0.15) is 5.75 Å². The van der Waals surface area contributed by atoms with Gasteiger partial charge in [0.2, 0.25) is 11.8 Å². The molecule has 0 radical (unpaired) electrons. The van der Waals surface area contributed by atoms with E-state index >= 15 is 0 Å². The molecule has 3 heterocycles. The second-order valence-corrected chi connectivity index (χ2v) is 9.42. The Morgan fingerprint density at radius 2 is 2.03 bits per heavy atom. The number of thiazole rings is 1. The first-order valence-corrected chi connectivity index (χ1v) is 11.3. The van der Waals surface area contributed by atoms with E-state index in [2.05, 4.69) is 20.6 Å². The molecule has 0 saturated carbocycles. The van der Waals surface area contributed by atoms with E-state index in [1.54, 1.807) is 18.4 Å². The first kappa shape index (κ1) is 21.1. The Morgan fingerprint density at radius 3 is 2.81 bits per heavy atom. The number of hydrogen-bond donors (Lipinski definition) is 3. The normalized spacial score (nSPS) is 10.9. The van der Waals surface area contributed by atoms with Crippen molar-refractivity contribution in [2.45, 2.75) is 26.8 Å². The number of aromatic nitrogens is 2. The van der Waals surface area contributed by atoms with E-state index in [4.69, 9.17) is 4.74 Å². The molecular weight excluding hydrogens is 432 g/mol. The molecule has 7 nitrogen and oxygen atoms in total. The van der Waals surface area contributed by atoms with Gasteiger partial charge in [-0.25, -0.2) is 4.98 Å². The number of anilines is 1. The zero-order valence-corrected chi connectivity index (χ0v) is 19.0. The summed E-state index contributed by atoms with van der Waals surface area (Å²) in [4.78, 5) is 34.7. The fourth-order valence-corrected chi connectivity index (χ4v) is 5.16. The molecule has 0 aliphatic heterocycles. The predicted octanol–water partition coefficient (Wildman–Crippen LogP) is 4.49. The molecule has 0 saturated heterocycles. The Morgan fingerprint density at radius 1 is 1.19 bits per heavy atom. The fraction of sp³-hybridized carbons (Fsp3) is 0.227. The second-order valence-electron chi connectivity index (χ2n) is 7.05. The minimum absolute atomic E-state index is 0.0570. The summed E-state index contributed by atoms with van der Waals surface area (Å²) in [5.41, 5.74) is 2.72. The number of aromatic amines is 1. The molecule has 0 atom stereocenters. The smallest absolute Gasteiger partial charge is 0.230 e. The van der Waals surface area contributed by atoms with Gasteiger partial charge in [-0.1, -0.05) is 0 Å². The van der Waals surface area contributed by atoms with Gasteiger partial charge in [-0.05, 0) is 42.8 Å². The first-order chi connectivity index (χ1) is 14.9. The van der Waals surface area contributed by atoms with Crippen molar-refractivity contribution in [2.24, 2.45) is 0 Å². The molecule has 31 heavy (non-hydrogen) atoms. The third-order valence-electron chi connectivity index (χ3n) is 4.78. The summed E-state index contributed by atoms with van der Waals surface area (Å²) in [5, 5.41) is 7.27. The van der Waals surface area contributed by atoms with Crippen molar-refractivity contribution >= 4 is 50.5 Å². The number of hydrogen-bond acceptors (Lipinski definition) is 6. The highest BCUT2D eigenvalue weighted by Crippen LogP contribution is 2.35. The van der Waals surface area contributed by atoms with Crippen molar-refractivity contribution < 1.29 is 14.3 Å². The molecule has 3 N–H and O–H groups in total. The van der Waals surface area contributed by atoms with Crippen LogP contribution >= 0.6 is 22.7 Å². The van der Waals surface area contributed by atoms with Gasteiger partial charge < -0.3 is 20.4 Å². The molecule has 0 aliphatic rings. The number of carbonyl (C=O) groups excluding carboxylic acids is 2. The van der Waals surface area contributed by atoms with Crippen molar-refractivity contribution in [2.75, 3.05) is 12.4 Å². The summed E-state index contributed by atoms with van der Waals surface area (Å²) in [6, 6.07) is 9.73. The Bertz CT molecular complexity index is 1250. The Hall–Kier alpha value is -3.17. The average molecular weight is 455 g/mol. The lowest BCUT2D eigenvalue weighted by atomic mass is 10.1. The number of fused-ring (bicyclic) bond motifs is 1. The predicted molar refractivity (Wildman–Crippen MR) is 125 cm³/mol. The van der Waals surface area contributed by atoms with Crippen molar-refractivity contribution in [1.29, 1.82) is 0 Å². The fourth-order valence-electron chi connectivity index (χ4n) is 3.26. The van der Waals surface area contributed by atoms with Gasteiger partial charge in [0.15, 0.2) is 5.13 Å². The highest BCUT2D eigenvalue weighted by molar-refractivity contribution is 7.18. The number of ether oxygens (including phenoxy) is 1. The zero-order chi connectivity index (χ0) is 22.0. The SMILES string of the molecule is COc1ccc2[nH]cc(CC(=O)Nc3nc(-c4ccc(CNC(C)=O)s4)c(C)s3)c2c1. The Balaban J connectivity index is 1.46. The number of amides is 2. The molecule has 4 rings (SSSR count). The molecule has 0 fully saturated rings. The number of benzene rings is 1. The standard InChI is InChI=1S/C22H22N4O3S2/c1-12-21(19-7-5-16(31-19)11-23-13(2)27)26-22(30-12)25-20(28)8-14-10-24-18-6-4-15(29-3)9-17(14)18/h4-7,9-10,24H,8,11H2,1-3H3,(H,23,27)(H,25,26,28). The van der Waals surface area contributed by atoms with Crippen LogP contribution in [0.2, 0.25) is 0 Å². The number of H-pyrrole nitrogens is 1. The van der Waals surface area contributed by atoms with Crippen LogP contribution in [0.3, 0.4) is 0 Å². The van der Waals surface area contributed by atoms with E-state index in [0.29, 0.717) is 11.7 Å². The second kappa shape index (κ2) is 8.91. The summed E-state index contributed by atoms with van der Waals surface area (Å²) in [7, 11) is 1.62. The molecule has 0 unspecified atom stereocenters. The monoisotopic (exact) mass is 454 g/mol. The molecule has 160 valence electrons. The highest BCUT2D eigenvalue weighted by atomic mass is 32.1. The van der Waals surface area contributed by atoms with Crippen LogP contribution in [0.1, 0.15) is 22.2 Å². The number of aryl methyl sites for hydroxylation is 1. The molecule has 1 aromatic carbocycles. The van der Waals surface area contributed by atoms with Crippen molar-refractivity contribution in [1.82, 2.24) is 15.3 Å². The van der Waals surface area contributed by atoms with Gasteiger partial charge in [0.25, 0.3) is 0 Å². The summed E-state index contributed by atoms with van der Waals surface area (Å²) < 4.78 is 5.29. The zero-order valence-electron chi connectivity index (χ0n) is 17.4. The number of methoxy groups -OCH3 is 1. The number of thiophene rings is 1. The first-order valence-electron chi connectivity index (χ1n) is 9.67. The van der Waals surface area contributed by atoms with E-state index in [-0.39, 0.29) is 18.2 Å². The lowest BCUT2D eigenvalue weighted by molar-refractivity contribution is -0.119. The van der Waals surface area contributed by atoms with Crippen molar-refractivity contribution in [3.8, 4) is 16.3 Å². The van der Waals surface area contributed by atoms with Crippen molar-refractivity contribution in [3.05, 3.63) is 51.8 Å². The maximum Gasteiger partial charge on any atom is 0.230 e. The van der Waals surface area contributed by atoms with Gasteiger partial charge in [0.05, 0.1) is 30.6 Å². The minimum Gasteiger partial charge on any atom is -0.497 e. The molecule has 4 aromatic rings. The average Bonchev–Trinajstić information content (AvgIpc) is 3.45. The van der Waals surface area contributed by atoms with Crippen LogP contribution in [-0.4, -0.2) is 28.9 Å². The van der Waals surface area contributed by atoms with Crippen LogP contribution in [0.15, 0.2) is 36.5 Å². The van der Waals surface area contributed by atoms with Crippen LogP contribution in [0.4, 0.5) is 5.13 Å². The lowest BCUT2D eigenvalue weighted by Crippen LogP contribution is -2.17. The largest absolute Gasteiger partial charge is 0.497 e. The topological polar surface area (TPSA) is 96.1 Å². The van der Waals surface area contributed by atoms with E-state index in [1.807, 2.05) is 43.5 Å². The van der Waals surface area contributed by atoms with Crippen LogP contribution in [-0.2, 0) is 22.6 Å². The number of rotatable bonds is 7. The van der Waals surface area contributed by atoms with E-state index in [0.717, 1.165) is 42.5 Å². The molecule has 2 amide bonds. The van der Waals surface area contributed by atoms with Gasteiger partial charge in [-0.3, -0.25) is 9.59 Å². The summed E-state index contributed by atoms with van der Waals surface area (Å²) in [6.45, 7) is 3.99. The van der Waals surface area contributed by atoms with Gasteiger partial charge >= 0.3 is 0 Å². The third-order valence-corrected chi connectivity index (χ3v) is 6.75. The minimum atomic E-state index is -0.124. The molecule has 0 spiro atoms. The molecule has 0 bridgehead atoms. The third kappa shape index (κ3) is 4.78. The van der Waals surface area contributed by atoms with E-state index in [1.165, 1.54) is 18.3 Å². The highest BCUT2D eigenvalue weighted by Gasteiger charge is 2.15. The van der Waals surface area contributed by atoms with Gasteiger partial charge in [-0.15, -0.1) is 22.7 Å². The lowest BCUT2D eigenvalue weighted by Gasteiger charge is -2.03. The number of carbonyl (C=O) groups is 2. The number of nitrogens with zero attached hydrogens (tertiary/aromatic N) is 1. The van der Waals surface area contributed by atoms with Crippen LogP contribution in [0.5, 0.6) is 5.75 Å². The molecular formula is C22H22N4O3S2. The van der Waals surface area contributed by atoms with Gasteiger partial charge in [-0.2, -0.15) is 0 Å². The molecule has 0 aliphatic carbocycles. The Labute approximate surface area is 187 Å². The summed E-state index contributed by atoms with van der Waals surface area (Å²) >= 11 is 3.04. The van der Waals surface area contributed by atoms with E-state index in [9.17, 15) is 9.59 Å². The summed E-state index contributed by atoms with van der Waals surface area (Å²) in [6.07, 6.45) is 2.09. The maximum atomic E-state index is 12.7. The molecule has 3 aromatic heterocycles. The quantitative estimate of drug-likeness (QED) is 0.383. The van der Waals surface area contributed by atoms with Crippen molar-refractivity contribution in [3.63, 3.8) is 0 Å². The maximum absolute atomic E-state index is 12.7. The number of nitrogens with one attached hydrogen (secondary N) is 3. The summed E-state index contributed by atoms with van der Waals surface area (Å²) in [5.74, 6) is 0.572. The Kier molecular flexibility index (Phi) is 6.06. The van der Waals surface area contributed by atoms with E-state index < -0.39 is 0 Å².